The lowest BCUT2D eigenvalue weighted by Gasteiger charge is -2.23. The molecule has 0 radical (unpaired) electrons. The largest absolute Gasteiger partial charge is 0.330 e. The number of aryl methyl sites for hydroxylation is 3. The second-order valence-electron chi connectivity index (χ2n) is 5.99. The fraction of sp³-hybridized carbons (Fsp3) is 0.625. The van der Waals surface area contributed by atoms with Crippen LogP contribution in [-0.2, 0) is 6.54 Å². The molecule has 0 aromatic heterocycles. The summed E-state index contributed by atoms with van der Waals surface area (Å²) in [7, 11) is 0. The highest BCUT2D eigenvalue weighted by atomic mass is 35.5. The van der Waals surface area contributed by atoms with E-state index in [-0.39, 0.29) is 12.4 Å². The van der Waals surface area contributed by atoms with Gasteiger partial charge in [-0.15, -0.1) is 12.4 Å². The van der Waals surface area contributed by atoms with Crippen molar-refractivity contribution in [3.63, 3.8) is 0 Å². The van der Waals surface area contributed by atoms with Crippen molar-refractivity contribution in [1.82, 2.24) is 4.90 Å². The fourth-order valence-corrected chi connectivity index (χ4v) is 3.27. The smallest absolute Gasteiger partial charge is 0.0241 e. The summed E-state index contributed by atoms with van der Waals surface area (Å²) in [5.74, 6) is 0.686. The average molecular weight is 283 g/mol. The van der Waals surface area contributed by atoms with Gasteiger partial charge in [-0.25, -0.2) is 0 Å². The van der Waals surface area contributed by atoms with Crippen LogP contribution in [0.2, 0.25) is 0 Å². The van der Waals surface area contributed by atoms with Gasteiger partial charge in [-0.3, -0.25) is 4.90 Å². The van der Waals surface area contributed by atoms with E-state index in [4.69, 9.17) is 5.73 Å². The summed E-state index contributed by atoms with van der Waals surface area (Å²) in [6.45, 7) is 12.0. The molecular weight excluding hydrogens is 256 g/mol. The third-order valence-corrected chi connectivity index (χ3v) is 4.33. The van der Waals surface area contributed by atoms with Crippen molar-refractivity contribution >= 4 is 12.4 Å². The van der Waals surface area contributed by atoms with E-state index >= 15 is 0 Å². The zero-order valence-electron chi connectivity index (χ0n) is 12.6. The lowest BCUT2D eigenvalue weighted by atomic mass is 9.99. The second kappa shape index (κ2) is 6.74. The van der Waals surface area contributed by atoms with Crippen LogP contribution in [0, 0.1) is 26.7 Å². The van der Waals surface area contributed by atoms with Crippen LogP contribution in [0.3, 0.4) is 0 Å². The minimum atomic E-state index is 0. The molecule has 2 unspecified atom stereocenters. The molecule has 2 atom stereocenters. The molecule has 1 aromatic carbocycles. The lowest BCUT2D eigenvalue weighted by Crippen LogP contribution is -2.28. The van der Waals surface area contributed by atoms with Crippen LogP contribution >= 0.6 is 12.4 Å². The van der Waals surface area contributed by atoms with Crippen LogP contribution < -0.4 is 5.73 Å². The Morgan fingerprint density at radius 3 is 2.26 bits per heavy atom. The van der Waals surface area contributed by atoms with Crippen LogP contribution in [0.4, 0.5) is 0 Å². The summed E-state index contributed by atoms with van der Waals surface area (Å²) < 4.78 is 0. The highest BCUT2D eigenvalue weighted by Gasteiger charge is 2.28. The van der Waals surface area contributed by atoms with E-state index in [0.29, 0.717) is 12.0 Å². The maximum absolute atomic E-state index is 5.80. The van der Waals surface area contributed by atoms with Crippen LogP contribution in [0.5, 0.6) is 0 Å². The van der Waals surface area contributed by atoms with Crippen molar-refractivity contribution < 1.29 is 0 Å². The third kappa shape index (κ3) is 3.71. The quantitative estimate of drug-likeness (QED) is 0.922. The Morgan fingerprint density at radius 2 is 1.79 bits per heavy atom. The van der Waals surface area contributed by atoms with Gasteiger partial charge in [0.05, 0.1) is 0 Å². The molecule has 3 heteroatoms. The Morgan fingerprint density at radius 1 is 1.21 bits per heavy atom. The molecule has 1 aliphatic heterocycles. The highest BCUT2D eigenvalue weighted by molar-refractivity contribution is 5.85. The number of likely N-dealkylation sites (tertiary alicyclic amines) is 1. The van der Waals surface area contributed by atoms with Gasteiger partial charge in [0.2, 0.25) is 0 Å². The summed E-state index contributed by atoms with van der Waals surface area (Å²) in [6, 6.07) is 5.26. The van der Waals surface area contributed by atoms with Gasteiger partial charge < -0.3 is 5.73 Å². The van der Waals surface area contributed by atoms with Crippen molar-refractivity contribution in [2.45, 2.75) is 46.7 Å². The van der Waals surface area contributed by atoms with Gasteiger partial charge in [-0.05, 0) is 63.3 Å². The Kier molecular flexibility index (Phi) is 5.84. The van der Waals surface area contributed by atoms with E-state index < -0.39 is 0 Å². The minimum absolute atomic E-state index is 0. The minimum Gasteiger partial charge on any atom is -0.330 e. The maximum Gasteiger partial charge on any atom is 0.0241 e. The molecule has 1 aliphatic rings. The van der Waals surface area contributed by atoms with Crippen LogP contribution in [0.15, 0.2) is 12.1 Å². The van der Waals surface area contributed by atoms with Gasteiger partial charge in [0.15, 0.2) is 0 Å². The number of hydrogen-bond acceptors (Lipinski definition) is 2. The molecule has 1 saturated heterocycles. The standard InChI is InChI=1S/C16H26N2.ClH/c1-11-5-12(2)16(13(3)6-11)10-18-9-15(8-17)7-14(18)4;/h5-6,14-15H,7-10,17H2,1-4H3;1H. The molecule has 1 heterocycles. The number of hydrogen-bond donors (Lipinski definition) is 1. The van der Waals surface area contributed by atoms with E-state index in [1.807, 2.05) is 0 Å². The van der Waals surface area contributed by atoms with Crippen molar-refractivity contribution in [3.8, 4) is 0 Å². The molecule has 19 heavy (non-hydrogen) atoms. The van der Waals surface area contributed by atoms with Crippen molar-refractivity contribution in [2.24, 2.45) is 11.7 Å². The van der Waals surface area contributed by atoms with Gasteiger partial charge in [0.1, 0.15) is 0 Å². The first-order chi connectivity index (χ1) is 8.51. The Labute approximate surface area is 123 Å². The molecule has 2 nitrogen and oxygen atoms in total. The van der Waals surface area contributed by atoms with Crippen LogP contribution in [0.25, 0.3) is 0 Å². The number of benzene rings is 1. The first kappa shape index (κ1) is 16.5. The van der Waals surface area contributed by atoms with Crippen molar-refractivity contribution in [1.29, 1.82) is 0 Å². The Balaban J connectivity index is 0.00000180. The molecular formula is C16H27ClN2. The van der Waals surface area contributed by atoms with E-state index in [1.165, 1.54) is 28.7 Å². The number of rotatable bonds is 3. The van der Waals surface area contributed by atoms with E-state index in [1.54, 1.807) is 0 Å². The molecule has 0 amide bonds. The molecule has 2 N–H and O–H groups in total. The second-order valence-corrected chi connectivity index (χ2v) is 5.99. The van der Waals surface area contributed by atoms with Crippen molar-refractivity contribution in [3.05, 3.63) is 34.4 Å². The monoisotopic (exact) mass is 282 g/mol. The Hall–Kier alpha value is -0.570. The SMILES string of the molecule is Cc1cc(C)c(CN2CC(CN)CC2C)c(C)c1.Cl. The van der Waals surface area contributed by atoms with E-state index in [2.05, 4.69) is 44.7 Å². The molecule has 0 spiro atoms. The first-order valence-electron chi connectivity index (χ1n) is 7.02. The summed E-state index contributed by atoms with van der Waals surface area (Å²) >= 11 is 0. The summed E-state index contributed by atoms with van der Waals surface area (Å²) in [6.07, 6.45) is 1.25. The maximum atomic E-state index is 5.80. The molecule has 1 fully saturated rings. The molecule has 2 rings (SSSR count). The Bertz CT molecular complexity index is 408. The van der Waals surface area contributed by atoms with E-state index in [9.17, 15) is 0 Å². The van der Waals surface area contributed by atoms with E-state index in [0.717, 1.165) is 19.6 Å². The number of nitrogens with zero attached hydrogens (tertiary/aromatic N) is 1. The zero-order chi connectivity index (χ0) is 13.3. The summed E-state index contributed by atoms with van der Waals surface area (Å²) in [5.41, 5.74) is 11.5. The highest BCUT2D eigenvalue weighted by Crippen LogP contribution is 2.26. The topological polar surface area (TPSA) is 29.3 Å². The molecule has 0 saturated carbocycles. The molecule has 108 valence electrons. The van der Waals surface area contributed by atoms with Gasteiger partial charge in [-0.2, -0.15) is 0 Å². The van der Waals surface area contributed by atoms with Gasteiger partial charge in [0, 0.05) is 19.1 Å². The fourth-order valence-electron chi connectivity index (χ4n) is 3.27. The first-order valence-corrected chi connectivity index (χ1v) is 7.02. The van der Waals surface area contributed by atoms with Gasteiger partial charge in [0.25, 0.3) is 0 Å². The number of nitrogens with two attached hydrogens (primary N) is 1. The predicted octanol–water partition coefficient (Wildman–Crippen LogP) is 3.20. The zero-order valence-corrected chi connectivity index (χ0v) is 13.4. The van der Waals surface area contributed by atoms with Crippen LogP contribution in [0.1, 0.15) is 35.6 Å². The predicted molar refractivity (Wildman–Crippen MR) is 84.9 cm³/mol. The summed E-state index contributed by atoms with van der Waals surface area (Å²) in [5, 5.41) is 0. The lowest BCUT2D eigenvalue weighted by molar-refractivity contribution is 0.255. The van der Waals surface area contributed by atoms with Crippen molar-refractivity contribution in [2.75, 3.05) is 13.1 Å². The normalized spacial score (nSPS) is 23.4. The molecule has 1 aromatic rings. The van der Waals surface area contributed by atoms with Gasteiger partial charge >= 0.3 is 0 Å². The average Bonchev–Trinajstić information content (AvgIpc) is 2.64. The third-order valence-electron chi connectivity index (χ3n) is 4.33. The molecule has 0 aliphatic carbocycles. The van der Waals surface area contributed by atoms with Gasteiger partial charge in [-0.1, -0.05) is 17.7 Å². The van der Waals surface area contributed by atoms with Crippen LogP contribution in [-0.4, -0.2) is 24.0 Å². The molecule has 0 bridgehead atoms. The number of halogens is 1. The summed E-state index contributed by atoms with van der Waals surface area (Å²) in [4.78, 5) is 2.59.